The zero-order chi connectivity index (χ0) is 24.0. The standard InChI is InChI=1S/C22H25F3N4O3/c1-12-6-5-7-13(2)21(12)28-18(31)11-29(4)14(3)22(32)26-10-17(30)27-16-9-8-15(23)19(24)20(16)25/h5-9,14H,10-11H2,1-4H3,(H,26,32)(H,27,30)(H,28,31)/t14-/m0/s1. The van der Waals surface area contributed by atoms with E-state index in [2.05, 4.69) is 16.0 Å². The summed E-state index contributed by atoms with van der Waals surface area (Å²) in [6.45, 7) is 4.70. The van der Waals surface area contributed by atoms with Crippen molar-refractivity contribution >= 4 is 29.1 Å². The second-order valence-corrected chi connectivity index (χ2v) is 7.39. The number of amides is 3. The molecule has 0 aliphatic heterocycles. The molecule has 10 heteroatoms. The normalized spacial score (nSPS) is 11.8. The van der Waals surface area contributed by atoms with Gasteiger partial charge in [-0.05, 0) is 51.1 Å². The fraction of sp³-hybridized carbons (Fsp3) is 0.318. The van der Waals surface area contributed by atoms with Crippen LogP contribution in [-0.2, 0) is 14.4 Å². The predicted octanol–water partition coefficient (Wildman–Crippen LogP) is 2.73. The van der Waals surface area contributed by atoms with Crippen molar-refractivity contribution in [2.45, 2.75) is 26.8 Å². The fourth-order valence-electron chi connectivity index (χ4n) is 2.89. The molecule has 0 aromatic heterocycles. The molecule has 2 aromatic rings. The Hall–Kier alpha value is -3.40. The minimum Gasteiger partial charge on any atom is -0.346 e. The highest BCUT2D eigenvalue weighted by molar-refractivity contribution is 5.96. The number of likely N-dealkylation sites (N-methyl/N-ethyl adjacent to an activating group) is 1. The molecule has 0 unspecified atom stereocenters. The van der Waals surface area contributed by atoms with Gasteiger partial charge in [-0.1, -0.05) is 18.2 Å². The van der Waals surface area contributed by atoms with Gasteiger partial charge in [0.1, 0.15) is 0 Å². The summed E-state index contributed by atoms with van der Waals surface area (Å²) in [5, 5.41) is 7.24. The number of nitrogens with zero attached hydrogens (tertiary/aromatic N) is 1. The van der Waals surface area contributed by atoms with Crippen molar-refractivity contribution in [1.29, 1.82) is 0 Å². The smallest absolute Gasteiger partial charge is 0.243 e. The lowest BCUT2D eigenvalue weighted by Gasteiger charge is -2.23. The van der Waals surface area contributed by atoms with Gasteiger partial charge in [-0.15, -0.1) is 0 Å². The van der Waals surface area contributed by atoms with Gasteiger partial charge < -0.3 is 16.0 Å². The SMILES string of the molecule is Cc1cccc(C)c1NC(=O)CN(C)[C@@H](C)C(=O)NCC(=O)Nc1ccc(F)c(F)c1F. The van der Waals surface area contributed by atoms with Gasteiger partial charge in [-0.25, -0.2) is 13.2 Å². The molecule has 0 aliphatic rings. The highest BCUT2D eigenvalue weighted by Gasteiger charge is 2.22. The first kappa shape index (κ1) is 24.9. The van der Waals surface area contributed by atoms with Crippen LogP contribution in [0.15, 0.2) is 30.3 Å². The molecule has 0 bridgehead atoms. The second-order valence-electron chi connectivity index (χ2n) is 7.39. The van der Waals surface area contributed by atoms with Crippen LogP contribution >= 0.6 is 0 Å². The van der Waals surface area contributed by atoms with Gasteiger partial charge in [0, 0.05) is 5.69 Å². The van der Waals surface area contributed by atoms with Crippen LogP contribution in [0.3, 0.4) is 0 Å². The Labute approximate surface area is 184 Å². The van der Waals surface area contributed by atoms with E-state index in [9.17, 15) is 27.6 Å². The van der Waals surface area contributed by atoms with Crippen molar-refractivity contribution < 1.29 is 27.6 Å². The van der Waals surface area contributed by atoms with Crippen molar-refractivity contribution in [2.24, 2.45) is 0 Å². The van der Waals surface area contributed by atoms with E-state index in [0.29, 0.717) is 11.8 Å². The van der Waals surface area contributed by atoms with Gasteiger partial charge in [-0.3, -0.25) is 19.3 Å². The Morgan fingerprint density at radius 1 is 0.938 bits per heavy atom. The molecule has 0 fully saturated rings. The predicted molar refractivity (Wildman–Crippen MR) is 115 cm³/mol. The van der Waals surface area contributed by atoms with Crippen LogP contribution in [0, 0.1) is 31.3 Å². The Morgan fingerprint density at radius 2 is 1.56 bits per heavy atom. The van der Waals surface area contributed by atoms with E-state index in [1.54, 1.807) is 14.0 Å². The molecular formula is C22H25F3N4O3. The molecule has 0 saturated carbocycles. The Kier molecular flexibility index (Phi) is 8.36. The number of anilines is 2. The van der Waals surface area contributed by atoms with Crippen LogP contribution in [0.4, 0.5) is 24.5 Å². The van der Waals surface area contributed by atoms with Crippen LogP contribution in [0.25, 0.3) is 0 Å². The third-order valence-electron chi connectivity index (χ3n) is 4.91. The zero-order valence-electron chi connectivity index (χ0n) is 18.2. The molecule has 3 amide bonds. The number of hydrogen-bond acceptors (Lipinski definition) is 4. The highest BCUT2D eigenvalue weighted by atomic mass is 19.2. The first-order valence-corrected chi connectivity index (χ1v) is 9.78. The molecule has 0 heterocycles. The number of aryl methyl sites for hydroxylation is 2. The quantitative estimate of drug-likeness (QED) is 0.540. The third-order valence-corrected chi connectivity index (χ3v) is 4.91. The summed E-state index contributed by atoms with van der Waals surface area (Å²) < 4.78 is 39.8. The highest BCUT2D eigenvalue weighted by Crippen LogP contribution is 2.20. The molecule has 0 radical (unpaired) electrons. The summed E-state index contributed by atoms with van der Waals surface area (Å²) >= 11 is 0. The van der Waals surface area contributed by atoms with Crippen molar-refractivity contribution in [3.8, 4) is 0 Å². The maximum atomic E-state index is 13.6. The topological polar surface area (TPSA) is 90.5 Å². The summed E-state index contributed by atoms with van der Waals surface area (Å²) in [7, 11) is 1.57. The number of carbonyl (C=O) groups is 3. The Bertz CT molecular complexity index is 1010. The van der Waals surface area contributed by atoms with E-state index in [-0.39, 0.29) is 12.5 Å². The molecule has 32 heavy (non-hydrogen) atoms. The van der Waals surface area contributed by atoms with Gasteiger partial charge in [-0.2, -0.15) is 0 Å². The third kappa shape index (κ3) is 6.30. The average molecular weight is 450 g/mol. The van der Waals surface area contributed by atoms with Crippen LogP contribution < -0.4 is 16.0 Å². The number of carbonyl (C=O) groups excluding carboxylic acids is 3. The van der Waals surface area contributed by atoms with Gasteiger partial charge >= 0.3 is 0 Å². The lowest BCUT2D eigenvalue weighted by atomic mass is 10.1. The van der Waals surface area contributed by atoms with E-state index in [4.69, 9.17) is 0 Å². The summed E-state index contributed by atoms with van der Waals surface area (Å²) in [6.07, 6.45) is 0. The van der Waals surface area contributed by atoms with Crippen LogP contribution in [0.2, 0.25) is 0 Å². The summed E-state index contributed by atoms with van der Waals surface area (Å²) in [6, 6.07) is 6.42. The van der Waals surface area contributed by atoms with Crippen LogP contribution in [-0.4, -0.2) is 48.8 Å². The number of halogens is 3. The Morgan fingerprint density at radius 3 is 2.19 bits per heavy atom. The monoisotopic (exact) mass is 450 g/mol. The molecule has 2 rings (SSSR count). The van der Waals surface area contributed by atoms with Gasteiger partial charge in [0.25, 0.3) is 0 Å². The molecule has 172 valence electrons. The summed E-state index contributed by atoms with van der Waals surface area (Å²) in [5.74, 6) is -6.31. The molecule has 0 saturated heterocycles. The maximum Gasteiger partial charge on any atom is 0.243 e. The lowest BCUT2D eigenvalue weighted by molar-refractivity contribution is -0.128. The number of rotatable bonds is 8. The van der Waals surface area contributed by atoms with Crippen molar-refractivity contribution in [3.05, 3.63) is 58.9 Å². The van der Waals surface area contributed by atoms with E-state index in [1.807, 2.05) is 32.0 Å². The van der Waals surface area contributed by atoms with E-state index >= 15 is 0 Å². The summed E-state index contributed by atoms with van der Waals surface area (Å²) in [4.78, 5) is 38.1. The number of para-hydroxylation sites is 1. The van der Waals surface area contributed by atoms with Gasteiger partial charge in [0.2, 0.25) is 17.7 Å². The first-order valence-electron chi connectivity index (χ1n) is 9.78. The van der Waals surface area contributed by atoms with Crippen LogP contribution in [0.5, 0.6) is 0 Å². The molecule has 7 nitrogen and oxygen atoms in total. The zero-order valence-corrected chi connectivity index (χ0v) is 18.2. The maximum absolute atomic E-state index is 13.6. The Balaban J connectivity index is 1.85. The largest absolute Gasteiger partial charge is 0.346 e. The van der Waals surface area contributed by atoms with E-state index in [1.165, 1.54) is 4.90 Å². The van der Waals surface area contributed by atoms with Crippen molar-refractivity contribution in [1.82, 2.24) is 10.2 Å². The van der Waals surface area contributed by atoms with Crippen molar-refractivity contribution in [2.75, 3.05) is 30.8 Å². The second kappa shape index (κ2) is 10.8. The van der Waals surface area contributed by atoms with Crippen LogP contribution in [0.1, 0.15) is 18.1 Å². The molecule has 2 aromatic carbocycles. The van der Waals surface area contributed by atoms with Gasteiger partial charge in [0.05, 0.1) is 24.8 Å². The minimum atomic E-state index is -1.71. The number of benzene rings is 2. The first-order chi connectivity index (χ1) is 15.0. The summed E-state index contributed by atoms with van der Waals surface area (Å²) in [5.41, 5.74) is 1.99. The van der Waals surface area contributed by atoms with E-state index < -0.39 is 47.5 Å². The number of hydrogen-bond donors (Lipinski definition) is 3. The minimum absolute atomic E-state index is 0.0748. The van der Waals surface area contributed by atoms with Crippen molar-refractivity contribution in [3.63, 3.8) is 0 Å². The number of nitrogens with one attached hydrogen (secondary N) is 3. The fourth-order valence-corrected chi connectivity index (χ4v) is 2.89. The molecule has 0 spiro atoms. The average Bonchev–Trinajstić information content (AvgIpc) is 2.74. The molecule has 0 aliphatic carbocycles. The van der Waals surface area contributed by atoms with E-state index in [0.717, 1.165) is 17.2 Å². The van der Waals surface area contributed by atoms with Gasteiger partial charge in [0.15, 0.2) is 17.5 Å². The molecular weight excluding hydrogens is 425 g/mol. The molecule has 3 N–H and O–H groups in total. The molecule has 1 atom stereocenters. The lowest BCUT2D eigenvalue weighted by Crippen LogP contribution is -2.47.